The van der Waals surface area contributed by atoms with Crippen LogP contribution in [0.2, 0.25) is 0 Å². The van der Waals surface area contributed by atoms with Gasteiger partial charge in [-0.05, 0) is 52.6 Å². The highest BCUT2D eigenvalue weighted by molar-refractivity contribution is 9.10. The molecule has 0 fully saturated rings. The predicted octanol–water partition coefficient (Wildman–Crippen LogP) is 6.68. The van der Waals surface area contributed by atoms with Crippen LogP contribution in [0.25, 0.3) is 11.1 Å². The fraction of sp³-hybridized carbons (Fsp3) is 0.200. The number of aliphatic hydroxyl groups excluding tert-OH is 1. The SMILES string of the molecule is C=CCNC(=O)[C@]1(Cc2ccccc2Br)N=C(c2ccc(OCCCO)cc2)O[C@@H]1c1ccc(-c2ccccc2)cc1. The van der Waals surface area contributed by atoms with Gasteiger partial charge in [0, 0.05) is 36.0 Å². The highest BCUT2D eigenvalue weighted by Gasteiger charge is 2.53. The maximum absolute atomic E-state index is 14.1. The Bertz CT molecular complexity index is 1540. The molecular weight excluding hydrogens is 592 g/mol. The highest BCUT2D eigenvalue weighted by Crippen LogP contribution is 2.43. The molecule has 0 aliphatic carbocycles. The van der Waals surface area contributed by atoms with Gasteiger partial charge in [-0.1, -0.05) is 94.8 Å². The van der Waals surface area contributed by atoms with Gasteiger partial charge in [-0.15, -0.1) is 6.58 Å². The molecule has 1 heterocycles. The Balaban J connectivity index is 1.56. The minimum Gasteiger partial charge on any atom is -0.494 e. The van der Waals surface area contributed by atoms with E-state index in [0.717, 1.165) is 32.3 Å². The van der Waals surface area contributed by atoms with Crippen LogP contribution in [-0.2, 0) is 16.0 Å². The van der Waals surface area contributed by atoms with Gasteiger partial charge >= 0.3 is 0 Å². The predicted molar refractivity (Wildman–Crippen MR) is 170 cm³/mol. The molecule has 1 amide bonds. The van der Waals surface area contributed by atoms with E-state index in [0.29, 0.717) is 37.6 Å². The largest absolute Gasteiger partial charge is 0.494 e. The minimum absolute atomic E-state index is 0.0734. The summed E-state index contributed by atoms with van der Waals surface area (Å²) in [5.41, 5.74) is 3.42. The monoisotopic (exact) mass is 624 g/mol. The van der Waals surface area contributed by atoms with Crippen molar-refractivity contribution >= 4 is 27.7 Å². The summed E-state index contributed by atoms with van der Waals surface area (Å²) in [4.78, 5) is 19.2. The molecule has 0 aromatic heterocycles. The number of benzene rings is 4. The first-order valence-electron chi connectivity index (χ1n) is 13.9. The summed E-state index contributed by atoms with van der Waals surface area (Å²) in [6, 6.07) is 33.6. The lowest BCUT2D eigenvalue weighted by Gasteiger charge is -2.31. The van der Waals surface area contributed by atoms with Gasteiger partial charge in [0.1, 0.15) is 5.75 Å². The smallest absolute Gasteiger partial charge is 0.252 e. The summed E-state index contributed by atoms with van der Waals surface area (Å²) in [5.74, 6) is 0.825. The number of halogens is 1. The third kappa shape index (κ3) is 6.48. The molecule has 5 rings (SSSR count). The topological polar surface area (TPSA) is 80.2 Å². The molecule has 2 N–H and O–H groups in total. The quantitative estimate of drug-likeness (QED) is 0.136. The molecule has 0 saturated heterocycles. The Morgan fingerprint density at radius 3 is 2.31 bits per heavy atom. The molecule has 4 aromatic rings. The van der Waals surface area contributed by atoms with Crippen LogP contribution in [0.4, 0.5) is 0 Å². The minimum atomic E-state index is -1.28. The normalized spacial score (nSPS) is 17.7. The average Bonchev–Trinajstić information content (AvgIpc) is 3.42. The second-order valence-electron chi connectivity index (χ2n) is 10.0. The van der Waals surface area contributed by atoms with Crippen LogP contribution >= 0.6 is 15.9 Å². The second-order valence-corrected chi connectivity index (χ2v) is 10.9. The number of carbonyl (C=O) groups is 1. The van der Waals surface area contributed by atoms with Gasteiger partial charge in [-0.25, -0.2) is 4.99 Å². The van der Waals surface area contributed by atoms with Crippen LogP contribution < -0.4 is 10.1 Å². The Labute approximate surface area is 254 Å². The Morgan fingerprint density at radius 2 is 1.62 bits per heavy atom. The van der Waals surface area contributed by atoms with Crippen molar-refractivity contribution in [3.05, 3.63) is 137 Å². The molecule has 0 spiro atoms. The third-order valence-corrected chi connectivity index (χ3v) is 7.95. The van der Waals surface area contributed by atoms with E-state index >= 15 is 0 Å². The molecule has 1 aliphatic rings. The molecule has 2 atom stereocenters. The van der Waals surface area contributed by atoms with Crippen molar-refractivity contribution in [3.8, 4) is 16.9 Å². The van der Waals surface area contributed by atoms with Crippen LogP contribution in [0.1, 0.15) is 29.2 Å². The van der Waals surface area contributed by atoms with Crippen molar-refractivity contribution in [2.45, 2.75) is 24.5 Å². The third-order valence-electron chi connectivity index (χ3n) is 7.18. The van der Waals surface area contributed by atoms with E-state index in [1.807, 2.05) is 78.9 Å². The molecule has 0 bridgehead atoms. The van der Waals surface area contributed by atoms with E-state index in [1.165, 1.54) is 0 Å². The molecule has 7 heteroatoms. The zero-order valence-corrected chi connectivity index (χ0v) is 24.8. The van der Waals surface area contributed by atoms with Crippen molar-refractivity contribution < 1.29 is 19.4 Å². The number of ether oxygens (including phenoxy) is 2. The van der Waals surface area contributed by atoms with Gasteiger partial charge in [0.05, 0.1) is 6.61 Å². The lowest BCUT2D eigenvalue weighted by molar-refractivity contribution is -0.128. The van der Waals surface area contributed by atoms with E-state index in [9.17, 15) is 4.79 Å². The molecule has 6 nitrogen and oxygen atoms in total. The van der Waals surface area contributed by atoms with Gasteiger partial charge in [0.15, 0.2) is 11.6 Å². The average molecular weight is 626 g/mol. The van der Waals surface area contributed by atoms with E-state index in [-0.39, 0.29) is 12.5 Å². The number of aliphatic imine (C=N–C) groups is 1. The maximum atomic E-state index is 14.1. The van der Waals surface area contributed by atoms with Gasteiger partial charge in [-0.2, -0.15) is 0 Å². The van der Waals surface area contributed by atoms with Gasteiger partial charge in [-0.3, -0.25) is 4.79 Å². The van der Waals surface area contributed by atoms with E-state index in [1.54, 1.807) is 6.08 Å². The van der Waals surface area contributed by atoms with Crippen LogP contribution in [0, 0.1) is 0 Å². The Morgan fingerprint density at radius 1 is 0.952 bits per heavy atom. The van der Waals surface area contributed by atoms with Crippen molar-refractivity contribution in [1.82, 2.24) is 5.32 Å². The fourth-order valence-corrected chi connectivity index (χ4v) is 5.44. The fourth-order valence-electron chi connectivity index (χ4n) is 5.01. The number of carbonyl (C=O) groups excluding carboxylic acids is 1. The van der Waals surface area contributed by atoms with Crippen molar-refractivity contribution in [2.24, 2.45) is 4.99 Å². The standard InChI is InChI=1S/C35H33BrN2O4/c1-2-21-37-34(40)35(24-29-11-6-7-12-31(29)36)32(27-15-13-26(14-16-27)25-9-4-3-5-10-25)42-33(38-35)28-17-19-30(20-18-28)41-23-8-22-39/h2-7,9-20,32,39H,1,8,21-24H2,(H,37,40)/t32-,35-/m1/s1. The number of nitrogens with one attached hydrogen (secondary N) is 1. The molecule has 4 aromatic carbocycles. The van der Waals surface area contributed by atoms with Crippen LogP contribution in [-0.4, -0.2) is 42.2 Å². The van der Waals surface area contributed by atoms with Crippen molar-refractivity contribution in [3.63, 3.8) is 0 Å². The lowest BCUT2D eigenvalue weighted by atomic mass is 9.81. The number of aliphatic hydroxyl groups is 1. The van der Waals surface area contributed by atoms with Gasteiger partial charge < -0.3 is 19.9 Å². The summed E-state index contributed by atoms with van der Waals surface area (Å²) in [6.07, 6.45) is 1.84. The van der Waals surface area contributed by atoms with Crippen LogP contribution in [0.15, 0.2) is 125 Å². The molecule has 0 saturated carbocycles. The second kappa shape index (κ2) is 13.6. The molecule has 214 valence electrons. The molecule has 0 radical (unpaired) electrons. The number of hydrogen-bond acceptors (Lipinski definition) is 5. The number of nitrogens with zero attached hydrogens (tertiary/aromatic N) is 1. The molecule has 42 heavy (non-hydrogen) atoms. The first-order chi connectivity index (χ1) is 20.5. The summed E-state index contributed by atoms with van der Waals surface area (Å²) < 4.78 is 13.2. The summed E-state index contributed by atoms with van der Waals surface area (Å²) in [5, 5.41) is 12.0. The number of hydrogen-bond donors (Lipinski definition) is 2. The number of amides is 1. The Hall–Kier alpha value is -4.20. The first-order valence-corrected chi connectivity index (χ1v) is 14.7. The summed E-state index contributed by atoms with van der Waals surface area (Å²) in [7, 11) is 0. The van der Waals surface area contributed by atoms with Crippen molar-refractivity contribution in [1.29, 1.82) is 0 Å². The van der Waals surface area contributed by atoms with E-state index in [4.69, 9.17) is 19.6 Å². The lowest BCUT2D eigenvalue weighted by Crippen LogP contribution is -2.50. The summed E-state index contributed by atoms with van der Waals surface area (Å²) in [6.45, 7) is 4.58. The Kier molecular flexibility index (Phi) is 9.52. The van der Waals surface area contributed by atoms with E-state index in [2.05, 4.69) is 52.1 Å². The first kappa shape index (κ1) is 29.3. The van der Waals surface area contributed by atoms with E-state index < -0.39 is 11.6 Å². The van der Waals surface area contributed by atoms with Crippen molar-refractivity contribution in [2.75, 3.05) is 19.8 Å². The molecule has 1 aliphatic heterocycles. The van der Waals surface area contributed by atoms with Crippen LogP contribution in [0.5, 0.6) is 5.75 Å². The molecule has 0 unspecified atom stereocenters. The number of rotatable bonds is 12. The van der Waals surface area contributed by atoms with Gasteiger partial charge in [0.2, 0.25) is 5.90 Å². The maximum Gasteiger partial charge on any atom is 0.252 e. The van der Waals surface area contributed by atoms with Gasteiger partial charge in [0.25, 0.3) is 5.91 Å². The van der Waals surface area contributed by atoms with Crippen LogP contribution in [0.3, 0.4) is 0 Å². The summed E-state index contributed by atoms with van der Waals surface area (Å²) >= 11 is 3.67. The highest BCUT2D eigenvalue weighted by atomic mass is 79.9. The zero-order chi connectivity index (χ0) is 29.4. The molecular formula is C35H33BrN2O4. The zero-order valence-electron chi connectivity index (χ0n) is 23.2.